The summed E-state index contributed by atoms with van der Waals surface area (Å²) < 4.78 is 0. The monoisotopic (exact) mass is 400 g/mol. The molecular weight excluding hydrogens is 356 g/mol. The van der Waals surface area contributed by atoms with Crippen LogP contribution in [0.15, 0.2) is 23.3 Å². The summed E-state index contributed by atoms with van der Waals surface area (Å²) in [6.45, 7) is 11.5. The maximum Gasteiger partial charge on any atom is 0.0591 e. The van der Waals surface area contributed by atoms with E-state index in [0.717, 1.165) is 49.9 Å². The number of hydrogen-bond donors (Lipinski definition) is 2. The van der Waals surface area contributed by atoms with Crippen molar-refractivity contribution < 1.29 is 10.2 Å². The predicted molar refractivity (Wildman–Crippen MR) is 120 cm³/mol. The molecule has 4 aliphatic carbocycles. The molecule has 0 aromatic heterocycles. The van der Waals surface area contributed by atoms with E-state index >= 15 is 0 Å². The van der Waals surface area contributed by atoms with Crippen molar-refractivity contribution in [1.29, 1.82) is 0 Å². The van der Waals surface area contributed by atoms with Crippen molar-refractivity contribution in [1.82, 2.24) is 0 Å². The number of aliphatic hydroxyl groups excluding tert-OH is 1. The van der Waals surface area contributed by atoms with E-state index in [1.807, 2.05) is 13.8 Å². The van der Waals surface area contributed by atoms with Gasteiger partial charge in [0, 0.05) is 0 Å². The predicted octanol–water partition coefficient (Wildman–Crippen LogP) is 6.42. The summed E-state index contributed by atoms with van der Waals surface area (Å²) in [5.41, 5.74) is 3.49. The molecular formula is C27H44O2. The summed E-state index contributed by atoms with van der Waals surface area (Å²) in [6, 6.07) is 0. The summed E-state index contributed by atoms with van der Waals surface area (Å²) in [7, 11) is 0. The molecule has 0 spiro atoms. The van der Waals surface area contributed by atoms with Gasteiger partial charge in [0.25, 0.3) is 0 Å². The van der Waals surface area contributed by atoms with Crippen LogP contribution >= 0.6 is 0 Å². The average Bonchev–Trinajstić information content (AvgIpc) is 2.98. The van der Waals surface area contributed by atoms with E-state index in [4.69, 9.17) is 0 Å². The molecule has 2 N–H and O–H groups in total. The van der Waals surface area contributed by atoms with Gasteiger partial charge in [-0.25, -0.2) is 0 Å². The van der Waals surface area contributed by atoms with Crippen molar-refractivity contribution in [3.63, 3.8) is 0 Å². The Morgan fingerprint density at radius 2 is 1.83 bits per heavy atom. The zero-order chi connectivity index (χ0) is 21.0. The van der Waals surface area contributed by atoms with Gasteiger partial charge in [0.1, 0.15) is 0 Å². The third-order valence-corrected chi connectivity index (χ3v) is 9.75. The van der Waals surface area contributed by atoms with Crippen molar-refractivity contribution in [3.05, 3.63) is 23.3 Å². The molecule has 0 amide bonds. The minimum Gasteiger partial charge on any atom is -0.393 e. The fourth-order valence-electron chi connectivity index (χ4n) is 8.02. The van der Waals surface area contributed by atoms with Gasteiger partial charge in [0.15, 0.2) is 0 Å². The number of aliphatic hydroxyl groups is 2. The molecule has 2 heteroatoms. The smallest absolute Gasteiger partial charge is 0.0591 e. The first-order chi connectivity index (χ1) is 13.5. The number of hydrogen-bond acceptors (Lipinski definition) is 2. The van der Waals surface area contributed by atoms with Crippen molar-refractivity contribution in [3.8, 4) is 0 Å². The van der Waals surface area contributed by atoms with Gasteiger partial charge in [-0.1, -0.05) is 56.9 Å². The molecule has 29 heavy (non-hydrogen) atoms. The highest BCUT2D eigenvalue weighted by Gasteiger charge is 2.56. The molecule has 3 saturated carbocycles. The summed E-state index contributed by atoms with van der Waals surface area (Å²) in [6.07, 6.45) is 16.5. The number of fused-ring (bicyclic) bond motifs is 5. The first-order valence-electron chi connectivity index (χ1n) is 12.4. The van der Waals surface area contributed by atoms with Crippen molar-refractivity contribution >= 4 is 0 Å². The minimum atomic E-state index is -0.528. The molecule has 0 saturated heterocycles. The van der Waals surface area contributed by atoms with Crippen LogP contribution in [-0.2, 0) is 0 Å². The lowest BCUT2D eigenvalue weighted by molar-refractivity contribution is 0.0298. The Hall–Kier alpha value is -0.600. The number of rotatable bonds is 5. The fraction of sp³-hybridized carbons (Fsp3) is 0.852. The Morgan fingerprint density at radius 3 is 2.55 bits per heavy atom. The van der Waals surface area contributed by atoms with Crippen molar-refractivity contribution in [2.24, 2.45) is 34.5 Å². The molecule has 4 aliphatic rings. The molecule has 0 heterocycles. The zero-order valence-corrected chi connectivity index (χ0v) is 19.5. The Kier molecular flexibility index (Phi) is 5.61. The molecule has 0 aromatic rings. The van der Waals surface area contributed by atoms with Crippen LogP contribution in [0.25, 0.3) is 0 Å². The van der Waals surface area contributed by atoms with Crippen LogP contribution in [0.2, 0.25) is 0 Å². The molecule has 7 atom stereocenters. The highest BCUT2D eigenvalue weighted by Crippen LogP contribution is 2.66. The van der Waals surface area contributed by atoms with E-state index in [0.29, 0.717) is 16.7 Å². The molecule has 164 valence electrons. The van der Waals surface area contributed by atoms with Crippen LogP contribution < -0.4 is 0 Å². The van der Waals surface area contributed by atoms with E-state index in [9.17, 15) is 10.2 Å². The van der Waals surface area contributed by atoms with Gasteiger partial charge in [0.2, 0.25) is 0 Å². The maximum absolute atomic E-state index is 10.2. The van der Waals surface area contributed by atoms with Gasteiger partial charge in [0.05, 0.1) is 11.7 Å². The molecule has 1 unspecified atom stereocenters. The van der Waals surface area contributed by atoms with Crippen molar-refractivity contribution in [2.45, 2.75) is 111 Å². The number of allylic oxidation sites excluding steroid dienone is 3. The normalized spacial score (nSPS) is 43.0. The Balaban J connectivity index is 1.51. The maximum atomic E-state index is 10.2. The molecule has 4 rings (SSSR count). The van der Waals surface area contributed by atoms with E-state index in [1.54, 1.807) is 5.57 Å². The first-order valence-corrected chi connectivity index (χ1v) is 12.4. The molecule has 2 nitrogen and oxygen atoms in total. The summed E-state index contributed by atoms with van der Waals surface area (Å²) in [5.74, 6) is 3.03. The third-order valence-electron chi connectivity index (χ3n) is 9.75. The van der Waals surface area contributed by atoms with E-state index in [-0.39, 0.29) is 6.10 Å². The molecule has 0 aliphatic heterocycles. The van der Waals surface area contributed by atoms with Gasteiger partial charge in [-0.05, 0) is 99.7 Å². The lowest BCUT2D eigenvalue weighted by Gasteiger charge is -2.55. The highest BCUT2D eigenvalue weighted by molar-refractivity contribution is 5.38. The standard InChI is InChI=1S/C27H44O2/c1-18(7-6-14-25(2,3)29)22-10-11-23-21-9-8-19-17-20(28)12-15-26(19,4)24(21)13-16-27(22,23)5/h8-9,18,20,22-24,28-29H,6-7,10-17H2,1-5H3/t18-,20+,22?,23+,24-,26+,27-/m1/s1. The zero-order valence-electron chi connectivity index (χ0n) is 19.5. The fourth-order valence-corrected chi connectivity index (χ4v) is 8.02. The summed E-state index contributed by atoms with van der Waals surface area (Å²) in [5, 5.41) is 20.3. The van der Waals surface area contributed by atoms with E-state index in [1.165, 1.54) is 37.7 Å². The van der Waals surface area contributed by atoms with Gasteiger partial charge < -0.3 is 10.2 Å². The largest absolute Gasteiger partial charge is 0.393 e. The van der Waals surface area contributed by atoms with Gasteiger partial charge in [-0.15, -0.1) is 0 Å². The Morgan fingerprint density at radius 1 is 1.07 bits per heavy atom. The van der Waals surface area contributed by atoms with Crippen LogP contribution in [0.4, 0.5) is 0 Å². The van der Waals surface area contributed by atoms with E-state index < -0.39 is 5.60 Å². The second kappa shape index (κ2) is 7.52. The second-order valence-electron chi connectivity index (χ2n) is 12.2. The summed E-state index contributed by atoms with van der Waals surface area (Å²) in [4.78, 5) is 0. The second-order valence-corrected chi connectivity index (χ2v) is 12.2. The van der Waals surface area contributed by atoms with E-state index in [2.05, 4.69) is 32.9 Å². The van der Waals surface area contributed by atoms with Gasteiger partial charge in [-0.2, -0.15) is 0 Å². The first kappa shape index (κ1) is 21.6. The SMILES string of the molecule is C[C@H](CCCC(C)(C)O)C1CC[C@H]2C3=CC=C4C[C@@H](O)CC[C@]4(C)[C@@H]3CC[C@]12C. The molecule has 0 aromatic carbocycles. The van der Waals surface area contributed by atoms with Gasteiger partial charge in [-0.3, -0.25) is 0 Å². The van der Waals surface area contributed by atoms with Crippen LogP contribution in [0, 0.1) is 34.5 Å². The highest BCUT2D eigenvalue weighted by atomic mass is 16.3. The minimum absolute atomic E-state index is 0.126. The molecule has 0 bridgehead atoms. The van der Waals surface area contributed by atoms with Crippen LogP contribution in [0.1, 0.15) is 98.8 Å². The third kappa shape index (κ3) is 3.78. The lowest BCUT2D eigenvalue weighted by Crippen LogP contribution is -2.46. The van der Waals surface area contributed by atoms with Crippen molar-refractivity contribution in [2.75, 3.05) is 0 Å². The van der Waals surface area contributed by atoms with Crippen LogP contribution in [0.3, 0.4) is 0 Å². The Labute approximate surface area is 178 Å². The van der Waals surface area contributed by atoms with Crippen LogP contribution in [-0.4, -0.2) is 21.9 Å². The quantitative estimate of drug-likeness (QED) is 0.559. The lowest BCUT2D eigenvalue weighted by atomic mass is 9.50. The van der Waals surface area contributed by atoms with Gasteiger partial charge >= 0.3 is 0 Å². The topological polar surface area (TPSA) is 40.5 Å². The average molecular weight is 401 g/mol. The Bertz CT molecular complexity index is 683. The van der Waals surface area contributed by atoms with Crippen LogP contribution in [0.5, 0.6) is 0 Å². The molecule has 3 fully saturated rings. The summed E-state index contributed by atoms with van der Waals surface area (Å²) >= 11 is 0. The molecule has 0 radical (unpaired) electrons.